The third kappa shape index (κ3) is 2.43. The van der Waals surface area contributed by atoms with E-state index in [9.17, 15) is 0 Å². The van der Waals surface area contributed by atoms with Crippen LogP contribution in [0.4, 0.5) is 10.8 Å². The molecule has 2 aromatic rings. The lowest BCUT2D eigenvalue weighted by Crippen LogP contribution is -1.94. The quantitative estimate of drug-likeness (QED) is 0.803. The Morgan fingerprint density at radius 1 is 1.47 bits per heavy atom. The maximum absolute atomic E-state index is 4.97. The Hall–Kier alpha value is -1.20. The van der Waals surface area contributed by atoms with Crippen molar-refractivity contribution in [2.24, 2.45) is 0 Å². The van der Waals surface area contributed by atoms with Crippen molar-refractivity contribution in [3.63, 3.8) is 0 Å². The van der Waals surface area contributed by atoms with E-state index in [1.807, 2.05) is 18.2 Å². The molecule has 0 aliphatic heterocycles. The molecular weight excluding hydrogens is 226 g/mol. The number of H-pyrrole nitrogens is 1. The van der Waals surface area contributed by atoms with E-state index >= 15 is 0 Å². The number of para-hydroxylation sites is 1. The first-order valence-electron chi connectivity index (χ1n) is 4.70. The zero-order chi connectivity index (χ0) is 10.7. The minimum absolute atomic E-state index is 0.687. The van der Waals surface area contributed by atoms with Gasteiger partial charge in [-0.3, -0.25) is 5.10 Å². The molecule has 1 heterocycles. The third-order valence-corrected chi connectivity index (χ3v) is 3.08. The first-order valence-corrected chi connectivity index (χ1v) is 5.92. The Kier molecular flexibility index (Phi) is 3.13. The SMILES string of the molecule is CCc1ccccc1Nc1n[nH]c(=S)s1. The van der Waals surface area contributed by atoms with Crippen LogP contribution in [0.5, 0.6) is 0 Å². The maximum atomic E-state index is 4.97. The standard InChI is InChI=1S/C10H11N3S2/c1-2-7-5-3-4-6-8(7)11-9-12-13-10(14)15-9/h3-6H,2H2,1H3,(H,11,12)(H,13,14). The van der Waals surface area contributed by atoms with Crippen LogP contribution < -0.4 is 5.32 Å². The highest BCUT2D eigenvalue weighted by Gasteiger charge is 2.02. The summed E-state index contributed by atoms with van der Waals surface area (Å²) in [6.45, 7) is 2.13. The highest BCUT2D eigenvalue weighted by Crippen LogP contribution is 2.22. The summed E-state index contributed by atoms with van der Waals surface area (Å²) in [7, 11) is 0. The Balaban J connectivity index is 2.27. The van der Waals surface area contributed by atoms with Gasteiger partial charge in [0.25, 0.3) is 0 Å². The van der Waals surface area contributed by atoms with E-state index in [1.165, 1.54) is 16.9 Å². The average Bonchev–Trinajstić information content (AvgIpc) is 2.65. The molecule has 1 aromatic heterocycles. The van der Waals surface area contributed by atoms with Gasteiger partial charge in [-0.1, -0.05) is 36.5 Å². The molecule has 0 fully saturated rings. The molecule has 15 heavy (non-hydrogen) atoms. The van der Waals surface area contributed by atoms with Crippen LogP contribution in [-0.4, -0.2) is 10.2 Å². The minimum Gasteiger partial charge on any atom is -0.330 e. The van der Waals surface area contributed by atoms with E-state index in [0.717, 1.165) is 17.2 Å². The average molecular weight is 237 g/mol. The molecule has 78 valence electrons. The monoisotopic (exact) mass is 237 g/mol. The molecule has 0 aliphatic carbocycles. The fraction of sp³-hybridized carbons (Fsp3) is 0.200. The van der Waals surface area contributed by atoms with Crippen LogP contribution in [0.15, 0.2) is 24.3 Å². The summed E-state index contributed by atoms with van der Waals surface area (Å²) in [6, 6.07) is 8.20. The molecule has 1 aromatic carbocycles. The predicted octanol–water partition coefficient (Wildman–Crippen LogP) is 3.51. The highest BCUT2D eigenvalue weighted by atomic mass is 32.1. The second-order valence-electron chi connectivity index (χ2n) is 3.05. The van der Waals surface area contributed by atoms with Crippen molar-refractivity contribution in [3.05, 3.63) is 33.8 Å². The zero-order valence-electron chi connectivity index (χ0n) is 8.28. The van der Waals surface area contributed by atoms with Crippen molar-refractivity contribution >= 4 is 34.4 Å². The van der Waals surface area contributed by atoms with Gasteiger partial charge in [-0.15, -0.1) is 5.10 Å². The van der Waals surface area contributed by atoms with Gasteiger partial charge in [-0.05, 0) is 30.3 Å². The Labute approximate surface area is 97.2 Å². The van der Waals surface area contributed by atoms with Crippen LogP contribution in [-0.2, 0) is 6.42 Å². The highest BCUT2D eigenvalue weighted by molar-refractivity contribution is 7.73. The van der Waals surface area contributed by atoms with Crippen molar-refractivity contribution in [1.29, 1.82) is 0 Å². The third-order valence-electron chi connectivity index (χ3n) is 2.08. The fourth-order valence-corrected chi connectivity index (χ4v) is 2.15. The molecule has 0 bridgehead atoms. The lowest BCUT2D eigenvalue weighted by Gasteiger charge is -2.06. The smallest absolute Gasteiger partial charge is 0.208 e. The van der Waals surface area contributed by atoms with E-state index in [0.29, 0.717) is 3.95 Å². The van der Waals surface area contributed by atoms with Crippen molar-refractivity contribution < 1.29 is 0 Å². The number of aromatic nitrogens is 2. The Bertz CT molecular complexity index is 501. The molecule has 0 aliphatic rings. The molecule has 0 saturated carbocycles. The molecule has 3 nitrogen and oxygen atoms in total. The summed E-state index contributed by atoms with van der Waals surface area (Å²) in [5.74, 6) is 0. The van der Waals surface area contributed by atoms with Gasteiger partial charge in [-0.2, -0.15) is 0 Å². The largest absolute Gasteiger partial charge is 0.330 e. The summed E-state index contributed by atoms with van der Waals surface area (Å²) < 4.78 is 0.687. The van der Waals surface area contributed by atoms with Gasteiger partial charge >= 0.3 is 0 Å². The van der Waals surface area contributed by atoms with E-state index in [2.05, 4.69) is 28.5 Å². The zero-order valence-corrected chi connectivity index (χ0v) is 9.91. The lowest BCUT2D eigenvalue weighted by molar-refractivity contribution is 1.08. The number of rotatable bonds is 3. The van der Waals surface area contributed by atoms with Crippen molar-refractivity contribution in [2.75, 3.05) is 5.32 Å². The van der Waals surface area contributed by atoms with E-state index in [4.69, 9.17) is 12.2 Å². The molecule has 0 amide bonds. The number of hydrogen-bond acceptors (Lipinski definition) is 4. The number of anilines is 2. The molecule has 0 unspecified atom stereocenters. The van der Waals surface area contributed by atoms with Gasteiger partial charge in [-0.25, -0.2) is 0 Å². The first-order chi connectivity index (χ1) is 7.29. The van der Waals surface area contributed by atoms with Crippen molar-refractivity contribution in [3.8, 4) is 0 Å². The summed E-state index contributed by atoms with van der Waals surface area (Å²) in [4.78, 5) is 0. The second kappa shape index (κ2) is 4.55. The summed E-state index contributed by atoms with van der Waals surface area (Å²) in [5.41, 5.74) is 2.37. The Morgan fingerprint density at radius 2 is 2.27 bits per heavy atom. The van der Waals surface area contributed by atoms with E-state index in [1.54, 1.807) is 0 Å². The van der Waals surface area contributed by atoms with Crippen LogP contribution in [0.1, 0.15) is 12.5 Å². The molecule has 0 saturated heterocycles. The van der Waals surface area contributed by atoms with Crippen LogP contribution >= 0.6 is 23.6 Å². The normalized spacial score (nSPS) is 10.2. The van der Waals surface area contributed by atoms with Gasteiger partial charge in [0.2, 0.25) is 5.13 Å². The van der Waals surface area contributed by atoms with Crippen LogP contribution in [0.2, 0.25) is 0 Å². The van der Waals surface area contributed by atoms with Crippen LogP contribution in [0.25, 0.3) is 0 Å². The second-order valence-corrected chi connectivity index (χ2v) is 4.72. The van der Waals surface area contributed by atoms with E-state index in [-0.39, 0.29) is 0 Å². The van der Waals surface area contributed by atoms with Gasteiger partial charge in [0.15, 0.2) is 3.95 Å². The molecule has 5 heteroatoms. The molecule has 0 spiro atoms. The maximum Gasteiger partial charge on any atom is 0.208 e. The Morgan fingerprint density at radius 3 is 2.93 bits per heavy atom. The number of nitrogens with zero attached hydrogens (tertiary/aromatic N) is 1. The fourth-order valence-electron chi connectivity index (χ4n) is 1.35. The van der Waals surface area contributed by atoms with Crippen molar-refractivity contribution in [2.45, 2.75) is 13.3 Å². The molecular formula is C10H11N3S2. The molecule has 0 atom stereocenters. The predicted molar refractivity (Wildman–Crippen MR) is 66.4 cm³/mol. The summed E-state index contributed by atoms with van der Waals surface area (Å²) in [6.07, 6.45) is 0.999. The minimum atomic E-state index is 0.687. The molecule has 0 radical (unpaired) electrons. The van der Waals surface area contributed by atoms with Crippen LogP contribution in [0, 0.1) is 3.95 Å². The molecule has 2 rings (SSSR count). The molecule has 2 N–H and O–H groups in total. The number of nitrogens with one attached hydrogen (secondary N) is 2. The summed E-state index contributed by atoms with van der Waals surface area (Å²) in [5, 5.41) is 10.9. The first kappa shape index (κ1) is 10.3. The number of hydrogen-bond donors (Lipinski definition) is 2. The summed E-state index contributed by atoms with van der Waals surface area (Å²) >= 11 is 6.41. The van der Waals surface area contributed by atoms with Crippen LogP contribution in [0.3, 0.4) is 0 Å². The topological polar surface area (TPSA) is 40.7 Å². The van der Waals surface area contributed by atoms with Gasteiger partial charge < -0.3 is 5.32 Å². The van der Waals surface area contributed by atoms with Gasteiger partial charge in [0.1, 0.15) is 0 Å². The van der Waals surface area contributed by atoms with E-state index < -0.39 is 0 Å². The lowest BCUT2D eigenvalue weighted by atomic mass is 10.1. The van der Waals surface area contributed by atoms with Crippen molar-refractivity contribution in [1.82, 2.24) is 10.2 Å². The van der Waals surface area contributed by atoms with Gasteiger partial charge in [0, 0.05) is 5.69 Å². The van der Waals surface area contributed by atoms with Gasteiger partial charge in [0.05, 0.1) is 0 Å². The number of aryl methyl sites for hydroxylation is 1. The number of benzene rings is 1. The number of aromatic amines is 1.